The van der Waals surface area contributed by atoms with Crippen LogP contribution in [0.5, 0.6) is 0 Å². The maximum absolute atomic E-state index is 12.7. The quantitative estimate of drug-likeness (QED) is 0.449. The lowest BCUT2D eigenvalue weighted by molar-refractivity contribution is 0.102. The van der Waals surface area contributed by atoms with E-state index < -0.39 is 0 Å². The maximum atomic E-state index is 12.7. The van der Waals surface area contributed by atoms with E-state index in [1.54, 1.807) is 5.37 Å². The first kappa shape index (κ1) is 19.2. The molecule has 0 atom stereocenters. The highest BCUT2D eigenvalue weighted by atomic mass is 32.1. The molecule has 0 saturated heterocycles. The molecule has 2 aliphatic rings. The van der Waals surface area contributed by atoms with Crippen LogP contribution >= 0.6 is 12.2 Å². The Hall–Kier alpha value is -3.15. The first-order valence-corrected chi connectivity index (χ1v) is 10.0. The van der Waals surface area contributed by atoms with Gasteiger partial charge in [-0.1, -0.05) is 54.7 Å². The zero-order valence-electron chi connectivity index (χ0n) is 15.9. The van der Waals surface area contributed by atoms with Gasteiger partial charge in [-0.15, -0.1) is 0 Å². The van der Waals surface area contributed by atoms with Crippen molar-refractivity contribution < 1.29 is 4.79 Å². The minimum atomic E-state index is -0.149. The molecule has 0 spiro atoms. The van der Waals surface area contributed by atoms with Crippen LogP contribution in [0.15, 0.2) is 66.7 Å². The van der Waals surface area contributed by atoms with Crippen LogP contribution in [0.1, 0.15) is 27.9 Å². The lowest BCUT2D eigenvalue weighted by atomic mass is 10.1. The molecule has 0 saturated carbocycles. The first-order valence-electron chi connectivity index (χ1n) is 9.55. The molecule has 3 N–H and O–H groups in total. The van der Waals surface area contributed by atoms with Gasteiger partial charge in [0, 0.05) is 28.7 Å². The van der Waals surface area contributed by atoms with Crippen molar-refractivity contribution in [3.05, 3.63) is 83.4 Å². The van der Waals surface area contributed by atoms with Crippen molar-refractivity contribution in [1.82, 2.24) is 4.98 Å². The van der Waals surface area contributed by atoms with Crippen LogP contribution in [-0.4, -0.2) is 16.3 Å². The summed E-state index contributed by atoms with van der Waals surface area (Å²) >= 11 is 4.87. The molecule has 2 aromatic carbocycles. The van der Waals surface area contributed by atoms with Crippen LogP contribution in [0.25, 0.3) is 22.2 Å². The van der Waals surface area contributed by atoms with Crippen molar-refractivity contribution in [1.29, 1.82) is 0 Å². The largest absolute Gasteiger partial charge is 0.326 e. The summed E-state index contributed by atoms with van der Waals surface area (Å²) in [6.07, 6.45) is 1.74. The van der Waals surface area contributed by atoms with Crippen molar-refractivity contribution in [3.8, 4) is 11.3 Å². The number of rotatable bonds is 6. The number of carbonyl (C=O) groups excluding carboxylic acids is 1. The first-order chi connectivity index (χ1) is 14.2. The molecule has 0 bridgehead atoms. The fraction of sp³-hybridized carbons (Fsp3) is 0.125. The molecular formula is C24H21N3OS. The molecule has 1 aliphatic carbocycles. The summed E-state index contributed by atoms with van der Waals surface area (Å²) in [5.41, 5.74) is 12.1. The number of fused-ring (bicyclic) bond motifs is 3. The summed E-state index contributed by atoms with van der Waals surface area (Å²) in [7, 11) is 0. The van der Waals surface area contributed by atoms with E-state index in [0.717, 1.165) is 40.6 Å². The van der Waals surface area contributed by atoms with Gasteiger partial charge in [0.05, 0.1) is 11.2 Å². The number of nitrogens with one attached hydrogen (secondary N) is 1. The number of nitrogens with two attached hydrogens (primary N) is 1. The van der Waals surface area contributed by atoms with E-state index in [-0.39, 0.29) is 5.91 Å². The van der Waals surface area contributed by atoms with Gasteiger partial charge in [-0.05, 0) is 53.6 Å². The second-order valence-corrected chi connectivity index (χ2v) is 7.24. The van der Waals surface area contributed by atoms with Gasteiger partial charge in [-0.2, -0.15) is 0 Å². The van der Waals surface area contributed by atoms with Gasteiger partial charge < -0.3 is 11.1 Å². The average Bonchev–Trinajstić information content (AvgIpc) is 2.97. The van der Waals surface area contributed by atoms with Crippen molar-refractivity contribution in [2.24, 2.45) is 5.73 Å². The molecular weight excluding hydrogens is 378 g/mol. The lowest BCUT2D eigenvalue weighted by Gasteiger charge is -2.05. The molecule has 1 aliphatic heterocycles. The number of thiocarbonyl (C=S) groups is 1. The second-order valence-electron chi connectivity index (χ2n) is 6.91. The molecule has 0 aromatic heterocycles. The summed E-state index contributed by atoms with van der Waals surface area (Å²) in [4.78, 5) is 17.4. The Bertz CT molecular complexity index is 1150. The standard InChI is InChI=1S/C24H21N3OS/c25-15-18-5-1-8-21-20-7-2-6-19(14-22(20)27-23(18)21)26-24(28)17-11-9-16(10-12-17)4-3-13-29/h1-2,5-14H,3-4,15,25H2,(H,26,28). The Morgan fingerprint density at radius 3 is 2.62 bits per heavy atom. The van der Waals surface area contributed by atoms with Crippen molar-refractivity contribution in [2.45, 2.75) is 19.4 Å². The number of aromatic nitrogens is 1. The van der Waals surface area contributed by atoms with Crippen LogP contribution in [0.4, 0.5) is 5.69 Å². The van der Waals surface area contributed by atoms with E-state index >= 15 is 0 Å². The van der Waals surface area contributed by atoms with Crippen molar-refractivity contribution in [2.75, 3.05) is 5.32 Å². The van der Waals surface area contributed by atoms with Crippen LogP contribution in [0.3, 0.4) is 0 Å². The Morgan fingerprint density at radius 2 is 1.86 bits per heavy atom. The topological polar surface area (TPSA) is 68.0 Å². The summed E-state index contributed by atoms with van der Waals surface area (Å²) < 4.78 is 0. The van der Waals surface area contributed by atoms with E-state index in [2.05, 4.69) is 5.32 Å². The number of nitrogens with zero attached hydrogens (tertiary/aromatic N) is 1. The fourth-order valence-corrected chi connectivity index (χ4v) is 3.60. The van der Waals surface area contributed by atoms with Crippen LogP contribution in [-0.2, 0) is 13.0 Å². The van der Waals surface area contributed by atoms with Crippen molar-refractivity contribution in [3.63, 3.8) is 0 Å². The Balaban J connectivity index is 1.60. The minimum Gasteiger partial charge on any atom is -0.326 e. The molecule has 0 unspecified atom stereocenters. The molecule has 2 aromatic rings. The predicted octanol–water partition coefficient (Wildman–Crippen LogP) is 4.98. The van der Waals surface area contributed by atoms with E-state index in [4.69, 9.17) is 22.9 Å². The zero-order valence-corrected chi connectivity index (χ0v) is 16.7. The second kappa shape index (κ2) is 8.47. The highest BCUT2D eigenvalue weighted by Gasteiger charge is 2.14. The number of hydrogen-bond acceptors (Lipinski definition) is 4. The van der Waals surface area contributed by atoms with Crippen LogP contribution in [0.2, 0.25) is 0 Å². The molecule has 1 amide bonds. The molecule has 1 heterocycles. The summed E-state index contributed by atoms with van der Waals surface area (Å²) in [5.74, 6) is -0.149. The number of benzene rings is 2. The van der Waals surface area contributed by atoms with Gasteiger partial charge in [0.15, 0.2) is 0 Å². The van der Waals surface area contributed by atoms with Crippen LogP contribution in [0, 0.1) is 0 Å². The van der Waals surface area contributed by atoms with Gasteiger partial charge in [-0.3, -0.25) is 4.79 Å². The number of para-hydroxylation sites is 1. The third-order valence-corrected chi connectivity index (χ3v) is 5.23. The summed E-state index contributed by atoms with van der Waals surface area (Å²) in [6.45, 7) is 0.441. The number of carbonyl (C=O) groups is 1. The highest BCUT2D eigenvalue weighted by molar-refractivity contribution is 7.78. The lowest BCUT2D eigenvalue weighted by Crippen LogP contribution is -2.11. The van der Waals surface area contributed by atoms with E-state index in [9.17, 15) is 4.79 Å². The Morgan fingerprint density at radius 1 is 1.07 bits per heavy atom. The highest BCUT2D eigenvalue weighted by Crippen LogP contribution is 2.33. The SMILES string of the molecule is NCc1cccc2c3cccc(NC(=O)c4ccc(CCC=S)cc4)cc-3nc12. The Kier molecular flexibility index (Phi) is 5.60. The smallest absolute Gasteiger partial charge is 0.255 e. The molecule has 4 nitrogen and oxygen atoms in total. The van der Waals surface area contributed by atoms with Gasteiger partial charge >= 0.3 is 0 Å². The van der Waals surface area contributed by atoms with Gasteiger partial charge in [0.25, 0.3) is 5.91 Å². The third-order valence-electron chi connectivity index (χ3n) is 4.99. The van der Waals surface area contributed by atoms with E-state index in [1.807, 2.05) is 66.7 Å². The van der Waals surface area contributed by atoms with E-state index in [0.29, 0.717) is 17.8 Å². The predicted molar refractivity (Wildman–Crippen MR) is 123 cm³/mol. The van der Waals surface area contributed by atoms with Crippen LogP contribution < -0.4 is 11.1 Å². The molecule has 0 fully saturated rings. The number of hydrogen-bond donors (Lipinski definition) is 2. The normalized spacial score (nSPS) is 10.9. The molecule has 29 heavy (non-hydrogen) atoms. The number of aryl methyl sites for hydroxylation is 1. The molecule has 144 valence electrons. The fourth-order valence-electron chi connectivity index (χ4n) is 3.48. The monoisotopic (exact) mass is 399 g/mol. The van der Waals surface area contributed by atoms with Gasteiger partial charge in [0.2, 0.25) is 0 Å². The van der Waals surface area contributed by atoms with Gasteiger partial charge in [-0.25, -0.2) is 4.98 Å². The molecule has 4 rings (SSSR count). The molecule has 0 radical (unpaired) electrons. The Labute approximate surface area is 175 Å². The molecule has 5 heteroatoms. The maximum Gasteiger partial charge on any atom is 0.255 e. The van der Waals surface area contributed by atoms with E-state index in [1.165, 1.54) is 5.56 Å². The average molecular weight is 400 g/mol. The summed E-state index contributed by atoms with van der Waals surface area (Å²) in [6, 6.07) is 21.4. The number of amides is 1. The summed E-state index contributed by atoms with van der Waals surface area (Å²) in [5, 5.41) is 5.78. The third kappa shape index (κ3) is 4.01. The van der Waals surface area contributed by atoms with Gasteiger partial charge in [0.1, 0.15) is 0 Å². The number of anilines is 1. The zero-order chi connectivity index (χ0) is 20.2. The van der Waals surface area contributed by atoms with Crippen molar-refractivity contribution >= 4 is 40.1 Å². The minimum absolute atomic E-state index is 0.149.